The molecule has 0 spiro atoms. The summed E-state index contributed by atoms with van der Waals surface area (Å²) in [6.07, 6.45) is 0.506. The lowest BCUT2D eigenvalue weighted by molar-refractivity contribution is 0.544. The lowest BCUT2D eigenvalue weighted by Gasteiger charge is -2.20. The molecule has 3 rings (SSSR count). The average Bonchev–Trinajstić information content (AvgIpc) is 2.88. The predicted molar refractivity (Wildman–Crippen MR) is 83.0 cm³/mol. The van der Waals surface area contributed by atoms with Gasteiger partial charge in [-0.15, -0.1) is 11.8 Å². The smallest absolute Gasteiger partial charge is 0.145 e. The zero-order chi connectivity index (χ0) is 14.1. The molecule has 0 amide bonds. The van der Waals surface area contributed by atoms with Gasteiger partial charge < -0.3 is 5.73 Å². The number of halogens is 2. The summed E-state index contributed by atoms with van der Waals surface area (Å²) in [6.45, 7) is 0. The van der Waals surface area contributed by atoms with Crippen molar-refractivity contribution in [2.24, 2.45) is 5.73 Å². The highest BCUT2D eigenvalue weighted by atomic mass is 35.5. The molecule has 0 saturated heterocycles. The van der Waals surface area contributed by atoms with Gasteiger partial charge in [-0.2, -0.15) is 0 Å². The number of fused-ring (bicyclic) bond motifs is 1. The van der Waals surface area contributed by atoms with Gasteiger partial charge in [0.2, 0.25) is 0 Å². The summed E-state index contributed by atoms with van der Waals surface area (Å²) < 4.78 is 14.0. The van der Waals surface area contributed by atoms with Crippen LogP contribution in [0, 0.1) is 5.82 Å². The van der Waals surface area contributed by atoms with E-state index in [2.05, 4.69) is 12.1 Å². The lowest BCUT2D eigenvalue weighted by atomic mass is 9.89. The highest BCUT2D eigenvalue weighted by Crippen LogP contribution is 2.41. The fraction of sp³-hybridized carbons (Fsp3) is 0.250. The summed E-state index contributed by atoms with van der Waals surface area (Å²) in [5.41, 5.74) is 8.20. The molecular weight excluding hydrogens is 293 g/mol. The van der Waals surface area contributed by atoms with Gasteiger partial charge in [0.25, 0.3) is 0 Å². The Hall–Kier alpha value is -1.03. The van der Waals surface area contributed by atoms with Crippen LogP contribution in [0.1, 0.15) is 17.0 Å². The van der Waals surface area contributed by atoms with Crippen molar-refractivity contribution in [3.05, 3.63) is 64.4 Å². The third-order valence-electron chi connectivity index (χ3n) is 3.74. The number of hydrogen-bond acceptors (Lipinski definition) is 2. The Labute approximate surface area is 127 Å². The van der Waals surface area contributed by atoms with E-state index in [0.717, 1.165) is 5.75 Å². The lowest BCUT2D eigenvalue weighted by Crippen LogP contribution is -2.31. The van der Waals surface area contributed by atoms with Crippen LogP contribution >= 0.6 is 23.4 Å². The first-order chi connectivity index (χ1) is 9.66. The Bertz CT molecular complexity index is 632. The second kappa shape index (κ2) is 5.76. The number of hydrogen-bond donors (Lipinski definition) is 1. The van der Waals surface area contributed by atoms with Crippen molar-refractivity contribution in [3.8, 4) is 0 Å². The molecule has 0 bridgehead atoms. The molecule has 4 heteroatoms. The Balaban J connectivity index is 1.81. The number of benzene rings is 2. The zero-order valence-corrected chi connectivity index (χ0v) is 12.4. The molecule has 2 atom stereocenters. The van der Waals surface area contributed by atoms with Crippen LogP contribution in [0.2, 0.25) is 5.02 Å². The maximum absolute atomic E-state index is 14.0. The van der Waals surface area contributed by atoms with Gasteiger partial charge in [-0.25, -0.2) is 4.39 Å². The normalized spacial score (nSPS) is 18.9. The summed E-state index contributed by atoms with van der Waals surface area (Å²) >= 11 is 7.64. The van der Waals surface area contributed by atoms with Gasteiger partial charge in [0.1, 0.15) is 5.82 Å². The van der Waals surface area contributed by atoms with E-state index >= 15 is 0 Å². The summed E-state index contributed by atoms with van der Waals surface area (Å²) in [7, 11) is 0. The van der Waals surface area contributed by atoms with Crippen molar-refractivity contribution in [1.82, 2.24) is 0 Å². The molecule has 0 radical (unpaired) electrons. The molecule has 1 aliphatic heterocycles. The van der Waals surface area contributed by atoms with E-state index in [1.165, 1.54) is 10.5 Å². The summed E-state index contributed by atoms with van der Waals surface area (Å²) in [6, 6.07) is 13.3. The minimum absolute atomic E-state index is 0.0980. The molecule has 1 aliphatic rings. The van der Waals surface area contributed by atoms with Gasteiger partial charge in [0.15, 0.2) is 0 Å². The topological polar surface area (TPSA) is 26.0 Å². The Morgan fingerprint density at radius 3 is 2.90 bits per heavy atom. The quantitative estimate of drug-likeness (QED) is 0.918. The second-order valence-electron chi connectivity index (χ2n) is 5.04. The Morgan fingerprint density at radius 2 is 2.05 bits per heavy atom. The fourth-order valence-corrected chi connectivity index (χ4v) is 4.19. The van der Waals surface area contributed by atoms with Gasteiger partial charge in [-0.1, -0.05) is 41.9 Å². The molecule has 0 aliphatic carbocycles. The minimum atomic E-state index is -0.344. The number of nitrogens with two attached hydrogens (primary N) is 1. The number of rotatable bonds is 3. The highest BCUT2D eigenvalue weighted by molar-refractivity contribution is 7.99. The molecule has 1 heterocycles. The summed E-state index contributed by atoms with van der Waals surface area (Å²) in [4.78, 5) is 1.29. The molecule has 2 unspecified atom stereocenters. The van der Waals surface area contributed by atoms with E-state index in [-0.39, 0.29) is 22.8 Å². The van der Waals surface area contributed by atoms with Gasteiger partial charge in [0, 0.05) is 22.6 Å². The van der Waals surface area contributed by atoms with Crippen LogP contribution in [0.3, 0.4) is 0 Å². The third-order valence-corrected chi connectivity index (χ3v) is 5.24. The Kier molecular flexibility index (Phi) is 4.01. The predicted octanol–water partition coefficient (Wildman–Crippen LogP) is 4.24. The molecule has 104 valence electrons. The van der Waals surface area contributed by atoms with E-state index in [0.29, 0.717) is 12.0 Å². The van der Waals surface area contributed by atoms with Crippen molar-refractivity contribution in [2.75, 3.05) is 5.75 Å². The molecule has 0 aromatic heterocycles. The van der Waals surface area contributed by atoms with Crippen molar-refractivity contribution in [2.45, 2.75) is 23.3 Å². The maximum Gasteiger partial charge on any atom is 0.145 e. The van der Waals surface area contributed by atoms with Crippen LogP contribution in [0.5, 0.6) is 0 Å². The van der Waals surface area contributed by atoms with Crippen LogP contribution in [0.15, 0.2) is 47.4 Å². The molecule has 0 saturated carbocycles. The first-order valence-corrected chi connectivity index (χ1v) is 7.93. The van der Waals surface area contributed by atoms with Crippen molar-refractivity contribution in [3.63, 3.8) is 0 Å². The highest BCUT2D eigenvalue weighted by Gasteiger charge is 2.28. The Morgan fingerprint density at radius 1 is 1.25 bits per heavy atom. The largest absolute Gasteiger partial charge is 0.327 e. The average molecular weight is 308 g/mol. The second-order valence-corrected chi connectivity index (χ2v) is 6.51. The summed E-state index contributed by atoms with van der Waals surface area (Å²) in [5, 5.41) is 0.163. The molecule has 2 aromatic carbocycles. The first-order valence-electron chi connectivity index (χ1n) is 6.57. The first kappa shape index (κ1) is 13.9. The maximum atomic E-state index is 14.0. The van der Waals surface area contributed by atoms with Crippen LogP contribution in [-0.4, -0.2) is 11.8 Å². The standard InChI is InChI=1S/C16H15ClFNS/c17-13-6-3-4-10(16(13)18)8-14(19)12-9-20-15-7-2-1-5-11(12)15/h1-7,12,14H,8-9,19H2. The van der Waals surface area contributed by atoms with Gasteiger partial charge in [0.05, 0.1) is 5.02 Å². The van der Waals surface area contributed by atoms with Crippen LogP contribution in [-0.2, 0) is 6.42 Å². The summed E-state index contributed by atoms with van der Waals surface area (Å²) in [5.74, 6) is 0.890. The number of thioether (sulfide) groups is 1. The van der Waals surface area contributed by atoms with E-state index in [9.17, 15) is 4.39 Å². The molecule has 2 N–H and O–H groups in total. The third kappa shape index (κ3) is 2.58. The van der Waals surface area contributed by atoms with E-state index in [4.69, 9.17) is 17.3 Å². The van der Waals surface area contributed by atoms with Crippen molar-refractivity contribution in [1.29, 1.82) is 0 Å². The van der Waals surface area contributed by atoms with Crippen LogP contribution < -0.4 is 5.73 Å². The van der Waals surface area contributed by atoms with E-state index in [1.54, 1.807) is 18.2 Å². The van der Waals surface area contributed by atoms with Crippen molar-refractivity contribution < 1.29 is 4.39 Å². The van der Waals surface area contributed by atoms with Gasteiger partial charge in [-0.05, 0) is 29.7 Å². The van der Waals surface area contributed by atoms with Crippen LogP contribution in [0.25, 0.3) is 0 Å². The van der Waals surface area contributed by atoms with E-state index < -0.39 is 0 Å². The van der Waals surface area contributed by atoms with Gasteiger partial charge >= 0.3 is 0 Å². The molecule has 0 fully saturated rings. The molecule has 20 heavy (non-hydrogen) atoms. The van der Waals surface area contributed by atoms with Gasteiger partial charge in [-0.3, -0.25) is 0 Å². The molecule has 2 aromatic rings. The zero-order valence-electron chi connectivity index (χ0n) is 10.9. The van der Waals surface area contributed by atoms with Crippen molar-refractivity contribution >= 4 is 23.4 Å². The fourth-order valence-electron chi connectivity index (χ4n) is 2.64. The van der Waals surface area contributed by atoms with E-state index in [1.807, 2.05) is 23.9 Å². The van der Waals surface area contributed by atoms with Crippen LogP contribution in [0.4, 0.5) is 4.39 Å². The molecular formula is C16H15ClFNS. The monoisotopic (exact) mass is 307 g/mol. The molecule has 1 nitrogen and oxygen atoms in total. The minimum Gasteiger partial charge on any atom is -0.327 e. The SMILES string of the molecule is NC(Cc1cccc(Cl)c1F)C1CSc2ccccc21.